The van der Waals surface area contributed by atoms with Gasteiger partial charge in [0.25, 0.3) is 0 Å². The van der Waals surface area contributed by atoms with E-state index in [9.17, 15) is 20.1 Å². The zero-order valence-electron chi connectivity index (χ0n) is 20.7. The number of aliphatic hydroxyl groups is 3. The van der Waals surface area contributed by atoms with E-state index in [0.717, 1.165) is 44.9 Å². The van der Waals surface area contributed by atoms with E-state index in [0.29, 0.717) is 36.5 Å². The van der Waals surface area contributed by atoms with Crippen LogP contribution in [0.5, 0.6) is 0 Å². The van der Waals surface area contributed by atoms with Gasteiger partial charge in [0, 0.05) is 10.8 Å². The maximum Gasteiger partial charge on any atom is 0.126 e. The Balaban J connectivity index is 1.58. The number of hydrogen-bond acceptors (Lipinski definition) is 4. The number of aldehydes is 1. The molecule has 4 heteroatoms. The molecule has 4 nitrogen and oxygen atoms in total. The Morgan fingerprint density at radius 3 is 2.47 bits per heavy atom. The fourth-order valence-corrected chi connectivity index (χ4v) is 9.09. The normalized spacial score (nSPS) is 49.1. The Morgan fingerprint density at radius 2 is 1.81 bits per heavy atom. The molecule has 32 heavy (non-hydrogen) atoms. The molecule has 182 valence electrons. The van der Waals surface area contributed by atoms with Crippen molar-refractivity contribution in [1.82, 2.24) is 0 Å². The minimum atomic E-state index is -0.583. The van der Waals surface area contributed by atoms with Gasteiger partial charge >= 0.3 is 0 Å². The Labute approximate surface area is 194 Å². The molecule has 0 aromatic carbocycles. The first-order valence-electron chi connectivity index (χ1n) is 13.2. The summed E-state index contributed by atoms with van der Waals surface area (Å²) < 4.78 is 0. The summed E-state index contributed by atoms with van der Waals surface area (Å²) in [6, 6.07) is 0. The summed E-state index contributed by atoms with van der Waals surface area (Å²) in [4.78, 5) is 12.8. The average molecular weight is 447 g/mol. The predicted molar refractivity (Wildman–Crippen MR) is 127 cm³/mol. The average Bonchev–Trinajstić information content (AvgIpc) is 3.12. The molecule has 0 aromatic rings. The third-order valence-corrected chi connectivity index (χ3v) is 11.0. The van der Waals surface area contributed by atoms with E-state index in [-0.39, 0.29) is 23.2 Å². The van der Waals surface area contributed by atoms with Crippen molar-refractivity contribution >= 4 is 6.29 Å². The first kappa shape index (κ1) is 24.4. The Bertz CT molecular complexity index is 718. The van der Waals surface area contributed by atoms with Crippen LogP contribution in [0.2, 0.25) is 0 Å². The molecule has 4 fully saturated rings. The lowest BCUT2D eigenvalue weighted by atomic mass is 9.43. The van der Waals surface area contributed by atoms with E-state index in [1.165, 1.54) is 11.9 Å². The van der Waals surface area contributed by atoms with E-state index in [2.05, 4.69) is 34.3 Å². The molecule has 0 saturated heterocycles. The van der Waals surface area contributed by atoms with E-state index < -0.39 is 23.7 Å². The second-order valence-electron chi connectivity index (χ2n) is 12.6. The van der Waals surface area contributed by atoms with Crippen LogP contribution in [0.25, 0.3) is 0 Å². The Hall–Kier alpha value is -0.710. The van der Waals surface area contributed by atoms with Crippen LogP contribution in [-0.2, 0) is 4.79 Å². The zero-order valence-corrected chi connectivity index (χ0v) is 20.7. The molecule has 0 aliphatic heterocycles. The Kier molecular flexibility index (Phi) is 6.73. The fraction of sp³-hybridized carbons (Fsp3) is 0.893. The third kappa shape index (κ3) is 3.64. The van der Waals surface area contributed by atoms with Crippen molar-refractivity contribution in [2.45, 2.75) is 104 Å². The number of fused-ring (bicyclic) bond motifs is 5. The maximum atomic E-state index is 12.8. The molecule has 0 heterocycles. The molecule has 11 atom stereocenters. The van der Waals surface area contributed by atoms with Crippen molar-refractivity contribution in [3.8, 4) is 0 Å². The molecule has 4 rings (SSSR count). The van der Waals surface area contributed by atoms with Gasteiger partial charge in [0.15, 0.2) is 0 Å². The molecule has 4 saturated carbocycles. The number of carbonyl (C=O) groups is 1. The first-order valence-corrected chi connectivity index (χ1v) is 13.2. The monoisotopic (exact) mass is 446 g/mol. The van der Waals surface area contributed by atoms with Crippen LogP contribution in [-0.4, -0.2) is 39.9 Å². The van der Waals surface area contributed by atoms with Crippen LogP contribution in [0.1, 0.15) is 85.5 Å². The van der Waals surface area contributed by atoms with Crippen molar-refractivity contribution in [3.63, 3.8) is 0 Å². The number of allylic oxidation sites excluding steroid dienone is 1. The molecule has 0 amide bonds. The lowest BCUT2D eigenvalue weighted by Crippen LogP contribution is -2.64. The minimum Gasteiger partial charge on any atom is -0.393 e. The van der Waals surface area contributed by atoms with E-state index >= 15 is 0 Å². The lowest BCUT2D eigenvalue weighted by Gasteiger charge is -2.63. The van der Waals surface area contributed by atoms with Gasteiger partial charge in [-0.1, -0.05) is 39.8 Å². The summed E-state index contributed by atoms with van der Waals surface area (Å²) >= 11 is 0. The van der Waals surface area contributed by atoms with Gasteiger partial charge in [0.2, 0.25) is 0 Å². The molecule has 3 N–H and O–H groups in total. The highest BCUT2D eigenvalue weighted by molar-refractivity contribution is 5.62. The van der Waals surface area contributed by atoms with Crippen LogP contribution in [0.15, 0.2) is 12.2 Å². The van der Waals surface area contributed by atoms with Crippen molar-refractivity contribution in [3.05, 3.63) is 12.2 Å². The van der Waals surface area contributed by atoms with Gasteiger partial charge < -0.3 is 20.1 Å². The summed E-state index contributed by atoms with van der Waals surface area (Å²) in [5.41, 5.74) is 0.492. The fourth-order valence-electron chi connectivity index (χ4n) is 9.09. The second kappa shape index (κ2) is 8.82. The third-order valence-electron chi connectivity index (χ3n) is 11.0. The van der Waals surface area contributed by atoms with Gasteiger partial charge in [-0.15, -0.1) is 0 Å². The van der Waals surface area contributed by atoms with Gasteiger partial charge in [0.1, 0.15) is 6.29 Å². The Morgan fingerprint density at radius 1 is 1.09 bits per heavy atom. The lowest BCUT2D eigenvalue weighted by molar-refractivity contribution is -0.215. The first-order chi connectivity index (χ1) is 15.1. The van der Waals surface area contributed by atoms with Gasteiger partial charge in [-0.3, -0.25) is 0 Å². The SMILES string of the molecule is C=C(CCC(C)C1CCC2C3CCC4CC(O)CC(O)C4(C)C3C(O)CC12C=O)C(C)C. The number of carbonyl (C=O) groups excluding carboxylic acids is 1. The molecule has 4 aliphatic carbocycles. The summed E-state index contributed by atoms with van der Waals surface area (Å²) in [6.45, 7) is 13.1. The van der Waals surface area contributed by atoms with E-state index in [4.69, 9.17) is 0 Å². The van der Waals surface area contributed by atoms with Crippen molar-refractivity contribution in [2.24, 2.45) is 52.3 Å². The van der Waals surface area contributed by atoms with Crippen molar-refractivity contribution in [2.75, 3.05) is 0 Å². The summed E-state index contributed by atoms with van der Waals surface area (Å²) in [7, 11) is 0. The summed E-state index contributed by atoms with van der Waals surface area (Å²) in [5.74, 6) is 2.13. The van der Waals surface area contributed by atoms with Gasteiger partial charge in [-0.25, -0.2) is 0 Å². The molecular formula is C28H46O4. The molecule has 0 spiro atoms. The summed E-state index contributed by atoms with van der Waals surface area (Å²) in [5, 5.41) is 33.0. The number of hydrogen-bond donors (Lipinski definition) is 3. The molecular weight excluding hydrogens is 400 g/mol. The topological polar surface area (TPSA) is 77.8 Å². The van der Waals surface area contributed by atoms with Crippen LogP contribution in [0, 0.1) is 52.3 Å². The zero-order chi connectivity index (χ0) is 23.4. The van der Waals surface area contributed by atoms with Gasteiger partial charge in [-0.2, -0.15) is 0 Å². The second-order valence-corrected chi connectivity index (χ2v) is 12.6. The number of rotatable bonds is 6. The molecule has 4 aliphatic rings. The molecule has 11 unspecified atom stereocenters. The smallest absolute Gasteiger partial charge is 0.126 e. The van der Waals surface area contributed by atoms with E-state index in [1.807, 2.05) is 0 Å². The minimum absolute atomic E-state index is 0.0246. The number of aliphatic hydroxyl groups excluding tert-OH is 3. The molecule has 0 radical (unpaired) electrons. The van der Waals surface area contributed by atoms with Crippen LogP contribution < -0.4 is 0 Å². The van der Waals surface area contributed by atoms with Crippen molar-refractivity contribution in [1.29, 1.82) is 0 Å². The standard InChI is InChI=1S/C28H46O4/c1-16(2)17(3)6-7-18(4)22-10-11-23-21-9-8-19-12-20(30)13-25(32)27(19,5)26(21)24(31)14-28(22,23)15-29/h15-16,18-26,30-32H,3,6-14H2,1-2,4-5H3. The van der Waals surface area contributed by atoms with Crippen LogP contribution in [0.3, 0.4) is 0 Å². The molecule has 0 aromatic heterocycles. The van der Waals surface area contributed by atoms with Gasteiger partial charge in [0.05, 0.1) is 18.3 Å². The van der Waals surface area contributed by atoms with E-state index in [1.54, 1.807) is 0 Å². The highest BCUT2D eigenvalue weighted by Gasteiger charge is 2.66. The maximum absolute atomic E-state index is 12.8. The van der Waals surface area contributed by atoms with Crippen molar-refractivity contribution < 1.29 is 20.1 Å². The molecule has 0 bridgehead atoms. The van der Waals surface area contributed by atoms with Crippen LogP contribution >= 0.6 is 0 Å². The quantitative estimate of drug-likeness (QED) is 0.406. The van der Waals surface area contributed by atoms with Crippen LogP contribution in [0.4, 0.5) is 0 Å². The predicted octanol–water partition coefficient (Wildman–Crippen LogP) is 4.76. The van der Waals surface area contributed by atoms with Gasteiger partial charge in [-0.05, 0) is 99.2 Å². The largest absolute Gasteiger partial charge is 0.393 e. The highest BCUT2D eigenvalue weighted by atomic mass is 16.3. The highest BCUT2D eigenvalue weighted by Crippen LogP contribution is 2.68. The summed E-state index contributed by atoms with van der Waals surface area (Å²) in [6.07, 6.45) is 7.52.